The molecule has 2 unspecified atom stereocenters. The third-order valence-corrected chi connectivity index (χ3v) is 4.56. The van der Waals surface area contributed by atoms with Gasteiger partial charge in [0.05, 0.1) is 0 Å². The molecule has 19 heavy (non-hydrogen) atoms. The Balaban J connectivity index is 1.57. The first kappa shape index (κ1) is 13.0. The molecule has 0 saturated carbocycles. The minimum Gasteiger partial charge on any atom is -0.382 e. The van der Waals surface area contributed by atoms with Crippen molar-refractivity contribution < 1.29 is 0 Å². The van der Waals surface area contributed by atoms with Crippen LogP contribution in [0.3, 0.4) is 0 Å². The fourth-order valence-electron chi connectivity index (χ4n) is 3.54. The molecule has 1 saturated heterocycles. The fraction of sp³-hybridized carbons (Fsp3) is 0.647. The van der Waals surface area contributed by atoms with Gasteiger partial charge in [0.25, 0.3) is 0 Å². The number of anilines is 1. The predicted molar refractivity (Wildman–Crippen MR) is 81.8 cm³/mol. The minimum atomic E-state index is 0.605. The molecule has 1 fully saturated rings. The highest BCUT2D eigenvalue weighted by atomic mass is 15.1. The Bertz CT molecular complexity index is 441. The Labute approximate surface area is 117 Å². The maximum absolute atomic E-state index is 3.53. The van der Waals surface area contributed by atoms with Crippen LogP contribution in [-0.4, -0.2) is 30.6 Å². The van der Waals surface area contributed by atoms with Crippen molar-refractivity contribution >= 4 is 5.69 Å². The number of piperidine rings is 1. The van der Waals surface area contributed by atoms with Crippen LogP contribution in [0.5, 0.6) is 0 Å². The largest absolute Gasteiger partial charge is 0.382 e. The van der Waals surface area contributed by atoms with Gasteiger partial charge in [0.15, 0.2) is 0 Å². The molecule has 1 aromatic carbocycles. The van der Waals surface area contributed by atoms with E-state index in [1.807, 2.05) is 0 Å². The van der Waals surface area contributed by atoms with E-state index in [1.165, 1.54) is 62.1 Å². The molecule has 0 aliphatic carbocycles. The molecule has 0 aromatic heterocycles. The molecule has 2 atom stereocenters. The summed E-state index contributed by atoms with van der Waals surface area (Å²) >= 11 is 0. The summed E-state index contributed by atoms with van der Waals surface area (Å²) in [6, 6.07) is 7.59. The van der Waals surface area contributed by atoms with Crippen LogP contribution in [0.15, 0.2) is 18.2 Å². The summed E-state index contributed by atoms with van der Waals surface area (Å²) in [7, 11) is 0. The monoisotopic (exact) mass is 258 g/mol. The van der Waals surface area contributed by atoms with Crippen molar-refractivity contribution in [3.05, 3.63) is 29.3 Å². The molecule has 3 rings (SSSR count). The molecule has 0 bridgehead atoms. The molecule has 1 aromatic rings. The normalized spacial score (nSPS) is 27.1. The van der Waals surface area contributed by atoms with Crippen LogP contribution >= 0.6 is 0 Å². The quantitative estimate of drug-likeness (QED) is 0.894. The third kappa shape index (κ3) is 3.11. The van der Waals surface area contributed by atoms with Gasteiger partial charge in [-0.15, -0.1) is 0 Å². The van der Waals surface area contributed by atoms with Gasteiger partial charge in [-0.2, -0.15) is 0 Å². The summed E-state index contributed by atoms with van der Waals surface area (Å²) in [4.78, 5) is 2.64. The zero-order valence-corrected chi connectivity index (χ0v) is 12.3. The summed E-state index contributed by atoms with van der Waals surface area (Å²) in [5, 5.41) is 3.53. The van der Waals surface area contributed by atoms with E-state index in [0.717, 1.165) is 5.92 Å². The van der Waals surface area contributed by atoms with Gasteiger partial charge in [-0.3, -0.25) is 0 Å². The van der Waals surface area contributed by atoms with E-state index in [2.05, 4.69) is 42.3 Å². The number of rotatable bonds is 3. The minimum absolute atomic E-state index is 0.605. The maximum Gasteiger partial charge on any atom is 0.0375 e. The van der Waals surface area contributed by atoms with Crippen LogP contribution < -0.4 is 5.32 Å². The highest BCUT2D eigenvalue weighted by Crippen LogP contribution is 2.26. The summed E-state index contributed by atoms with van der Waals surface area (Å²) in [6.45, 7) is 8.47. The number of hydrogen-bond acceptors (Lipinski definition) is 2. The number of benzene rings is 1. The second-order valence-electron chi connectivity index (χ2n) is 6.54. The molecule has 2 aliphatic heterocycles. The van der Waals surface area contributed by atoms with Crippen molar-refractivity contribution in [1.29, 1.82) is 0 Å². The van der Waals surface area contributed by atoms with E-state index >= 15 is 0 Å². The third-order valence-electron chi connectivity index (χ3n) is 4.56. The van der Waals surface area contributed by atoms with E-state index < -0.39 is 0 Å². The average Bonchev–Trinajstić information content (AvgIpc) is 2.75. The first-order chi connectivity index (χ1) is 9.20. The Morgan fingerprint density at radius 2 is 2.21 bits per heavy atom. The van der Waals surface area contributed by atoms with Crippen LogP contribution in [0.4, 0.5) is 5.69 Å². The Morgan fingerprint density at radius 1 is 1.32 bits per heavy atom. The first-order valence-corrected chi connectivity index (χ1v) is 7.81. The molecule has 2 heterocycles. The Hall–Kier alpha value is -1.02. The number of likely N-dealkylation sites (tertiary alicyclic amines) is 1. The van der Waals surface area contributed by atoms with Gasteiger partial charge in [0.1, 0.15) is 0 Å². The van der Waals surface area contributed by atoms with Crippen molar-refractivity contribution in [1.82, 2.24) is 4.90 Å². The molecule has 2 heteroatoms. The summed E-state index contributed by atoms with van der Waals surface area (Å²) < 4.78 is 0. The Morgan fingerprint density at radius 3 is 3.05 bits per heavy atom. The SMILES string of the molecule is CC1CCCN(CCc2ccc3c(c2)CC(C)N3)C1. The Kier molecular flexibility index (Phi) is 3.79. The highest BCUT2D eigenvalue weighted by Gasteiger charge is 2.18. The summed E-state index contributed by atoms with van der Waals surface area (Å²) in [5.74, 6) is 0.888. The van der Waals surface area contributed by atoms with Crippen LogP contribution in [0, 0.1) is 5.92 Å². The average molecular weight is 258 g/mol. The van der Waals surface area contributed by atoms with Crippen LogP contribution in [0.2, 0.25) is 0 Å². The van der Waals surface area contributed by atoms with Gasteiger partial charge < -0.3 is 10.2 Å². The summed E-state index contributed by atoms with van der Waals surface area (Å²) in [6.07, 6.45) is 5.18. The van der Waals surface area contributed by atoms with Crippen molar-refractivity contribution in [2.24, 2.45) is 5.92 Å². The van der Waals surface area contributed by atoms with E-state index in [4.69, 9.17) is 0 Å². The predicted octanol–water partition coefficient (Wildman–Crippen LogP) is 3.32. The topological polar surface area (TPSA) is 15.3 Å². The van der Waals surface area contributed by atoms with Crippen LogP contribution in [0.1, 0.15) is 37.8 Å². The van der Waals surface area contributed by atoms with Gasteiger partial charge in [-0.05, 0) is 62.3 Å². The van der Waals surface area contributed by atoms with E-state index in [1.54, 1.807) is 0 Å². The lowest BCUT2D eigenvalue weighted by Gasteiger charge is -2.30. The van der Waals surface area contributed by atoms with Crippen LogP contribution in [0.25, 0.3) is 0 Å². The second kappa shape index (κ2) is 5.54. The molecule has 0 radical (unpaired) electrons. The van der Waals surface area contributed by atoms with E-state index in [-0.39, 0.29) is 0 Å². The zero-order valence-electron chi connectivity index (χ0n) is 12.3. The number of nitrogens with zero attached hydrogens (tertiary/aromatic N) is 1. The molecule has 0 amide bonds. The smallest absolute Gasteiger partial charge is 0.0375 e. The number of hydrogen-bond donors (Lipinski definition) is 1. The standard InChI is InChI=1S/C17H26N2/c1-13-4-3-8-19(12-13)9-7-15-5-6-17-16(11-15)10-14(2)18-17/h5-6,11,13-14,18H,3-4,7-10,12H2,1-2H3. The van der Waals surface area contributed by atoms with E-state index in [9.17, 15) is 0 Å². The van der Waals surface area contributed by atoms with Crippen molar-refractivity contribution in [3.8, 4) is 0 Å². The number of fused-ring (bicyclic) bond motifs is 1. The number of nitrogens with one attached hydrogen (secondary N) is 1. The fourth-order valence-corrected chi connectivity index (χ4v) is 3.54. The molecule has 0 spiro atoms. The highest BCUT2D eigenvalue weighted by molar-refractivity contribution is 5.57. The van der Waals surface area contributed by atoms with Gasteiger partial charge in [0, 0.05) is 24.8 Å². The van der Waals surface area contributed by atoms with Gasteiger partial charge in [0.2, 0.25) is 0 Å². The zero-order chi connectivity index (χ0) is 13.2. The molecular formula is C17H26N2. The molecule has 2 aliphatic rings. The maximum atomic E-state index is 3.53. The molecule has 2 nitrogen and oxygen atoms in total. The summed E-state index contributed by atoms with van der Waals surface area (Å²) in [5.41, 5.74) is 4.37. The van der Waals surface area contributed by atoms with Gasteiger partial charge >= 0.3 is 0 Å². The molecular weight excluding hydrogens is 232 g/mol. The van der Waals surface area contributed by atoms with E-state index in [0.29, 0.717) is 6.04 Å². The lowest BCUT2D eigenvalue weighted by atomic mass is 9.99. The lowest BCUT2D eigenvalue weighted by molar-refractivity contribution is 0.186. The molecule has 1 N–H and O–H groups in total. The van der Waals surface area contributed by atoms with Gasteiger partial charge in [-0.1, -0.05) is 19.1 Å². The second-order valence-corrected chi connectivity index (χ2v) is 6.54. The van der Waals surface area contributed by atoms with Crippen molar-refractivity contribution in [2.45, 2.75) is 45.6 Å². The lowest BCUT2D eigenvalue weighted by Crippen LogP contribution is -2.35. The van der Waals surface area contributed by atoms with Crippen LogP contribution in [-0.2, 0) is 12.8 Å². The van der Waals surface area contributed by atoms with Crippen molar-refractivity contribution in [3.63, 3.8) is 0 Å². The molecule has 104 valence electrons. The van der Waals surface area contributed by atoms with Gasteiger partial charge in [-0.25, -0.2) is 0 Å². The van der Waals surface area contributed by atoms with Crippen molar-refractivity contribution in [2.75, 3.05) is 25.0 Å². The first-order valence-electron chi connectivity index (χ1n) is 7.81.